The Balaban J connectivity index is 2.40. The third-order valence-electron chi connectivity index (χ3n) is 2.66. The van der Waals surface area contributed by atoms with Gasteiger partial charge in [-0.2, -0.15) is 0 Å². The fraction of sp³-hybridized carbons (Fsp3) is 0.727. The van der Waals surface area contributed by atoms with Gasteiger partial charge in [-0.05, 0) is 24.3 Å². The summed E-state index contributed by atoms with van der Waals surface area (Å²) in [5.74, 6) is 1.15. The molecule has 0 bridgehead atoms. The molecular weight excluding hydrogens is 164 g/mol. The molecule has 0 aromatic carbocycles. The molecule has 1 aliphatic rings. The van der Waals surface area contributed by atoms with Crippen LogP contribution in [0.25, 0.3) is 0 Å². The number of ether oxygens (including phenoxy) is 1. The number of hydrogen-bond acceptors (Lipinski definition) is 2. The Morgan fingerprint density at radius 3 is 2.77 bits per heavy atom. The maximum Gasteiger partial charge on any atom is 0.310 e. The summed E-state index contributed by atoms with van der Waals surface area (Å²) in [4.78, 5) is 11.0. The van der Waals surface area contributed by atoms with Crippen molar-refractivity contribution in [1.82, 2.24) is 0 Å². The van der Waals surface area contributed by atoms with Gasteiger partial charge < -0.3 is 4.74 Å². The summed E-state index contributed by atoms with van der Waals surface area (Å²) < 4.78 is 5.18. The van der Waals surface area contributed by atoms with E-state index in [0.29, 0.717) is 18.3 Å². The van der Waals surface area contributed by atoms with Crippen molar-refractivity contribution in [3.8, 4) is 0 Å². The Hall–Kier alpha value is -0.790. The summed E-state index contributed by atoms with van der Waals surface area (Å²) in [7, 11) is 0. The Kier molecular flexibility index (Phi) is 3.52. The standard InChI is InChI=1S/C11H18O2/c1-8(2)9(3)7-10-5-4-6-11(12)13-10/h4-5,8-10H,6-7H2,1-3H3/t9-,10+/m0/s1. The van der Waals surface area contributed by atoms with Crippen LogP contribution in [0, 0.1) is 11.8 Å². The van der Waals surface area contributed by atoms with Crippen molar-refractivity contribution in [3.63, 3.8) is 0 Å². The fourth-order valence-electron chi connectivity index (χ4n) is 1.34. The first kappa shape index (κ1) is 10.3. The Bertz CT molecular complexity index is 206. The average Bonchev–Trinajstić information content (AvgIpc) is 2.04. The number of esters is 1. The fourth-order valence-corrected chi connectivity index (χ4v) is 1.34. The van der Waals surface area contributed by atoms with Gasteiger partial charge in [0.1, 0.15) is 6.10 Å². The van der Waals surface area contributed by atoms with E-state index in [1.807, 2.05) is 12.2 Å². The molecule has 0 spiro atoms. The van der Waals surface area contributed by atoms with Crippen molar-refractivity contribution in [1.29, 1.82) is 0 Å². The first-order chi connectivity index (χ1) is 6.09. The summed E-state index contributed by atoms with van der Waals surface area (Å²) in [6, 6.07) is 0. The summed E-state index contributed by atoms with van der Waals surface area (Å²) >= 11 is 0. The first-order valence-electron chi connectivity index (χ1n) is 4.95. The van der Waals surface area contributed by atoms with Crippen molar-refractivity contribution in [2.45, 2.75) is 39.7 Å². The van der Waals surface area contributed by atoms with Gasteiger partial charge >= 0.3 is 5.97 Å². The molecule has 0 unspecified atom stereocenters. The van der Waals surface area contributed by atoms with Gasteiger partial charge in [0.2, 0.25) is 0 Å². The second-order valence-electron chi connectivity index (χ2n) is 4.12. The Labute approximate surface area is 80.0 Å². The van der Waals surface area contributed by atoms with E-state index in [4.69, 9.17) is 4.74 Å². The normalized spacial score (nSPS) is 24.6. The molecule has 0 aromatic rings. The van der Waals surface area contributed by atoms with Crippen molar-refractivity contribution in [2.24, 2.45) is 11.8 Å². The maximum absolute atomic E-state index is 11.0. The van der Waals surface area contributed by atoms with Crippen LogP contribution in [-0.4, -0.2) is 12.1 Å². The van der Waals surface area contributed by atoms with Gasteiger partial charge in [0.15, 0.2) is 0 Å². The highest BCUT2D eigenvalue weighted by molar-refractivity contribution is 5.72. The molecule has 0 amide bonds. The minimum atomic E-state index is -0.0940. The molecule has 1 heterocycles. The van der Waals surface area contributed by atoms with Crippen LogP contribution in [0.1, 0.15) is 33.6 Å². The highest BCUT2D eigenvalue weighted by atomic mass is 16.5. The number of cyclic esters (lactones) is 1. The second-order valence-corrected chi connectivity index (χ2v) is 4.12. The van der Waals surface area contributed by atoms with Crippen molar-refractivity contribution in [3.05, 3.63) is 12.2 Å². The van der Waals surface area contributed by atoms with Crippen LogP contribution in [0.5, 0.6) is 0 Å². The monoisotopic (exact) mass is 182 g/mol. The molecule has 13 heavy (non-hydrogen) atoms. The summed E-state index contributed by atoms with van der Waals surface area (Å²) in [5, 5.41) is 0. The van der Waals surface area contributed by atoms with Crippen LogP contribution in [0.3, 0.4) is 0 Å². The minimum Gasteiger partial charge on any atom is -0.458 e. The molecule has 0 aliphatic carbocycles. The van der Waals surface area contributed by atoms with E-state index < -0.39 is 0 Å². The Morgan fingerprint density at radius 1 is 1.54 bits per heavy atom. The van der Waals surface area contributed by atoms with Crippen molar-refractivity contribution >= 4 is 5.97 Å². The van der Waals surface area contributed by atoms with E-state index in [2.05, 4.69) is 20.8 Å². The number of carbonyl (C=O) groups excluding carboxylic acids is 1. The van der Waals surface area contributed by atoms with E-state index >= 15 is 0 Å². The molecule has 2 heteroatoms. The van der Waals surface area contributed by atoms with Gasteiger partial charge in [-0.25, -0.2) is 0 Å². The number of carbonyl (C=O) groups is 1. The third-order valence-corrected chi connectivity index (χ3v) is 2.66. The molecule has 0 N–H and O–H groups in total. The maximum atomic E-state index is 11.0. The molecule has 0 fully saturated rings. The van der Waals surface area contributed by atoms with Crippen LogP contribution in [-0.2, 0) is 9.53 Å². The third kappa shape index (κ3) is 3.21. The van der Waals surface area contributed by atoms with Crippen LogP contribution in [0.15, 0.2) is 12.2 Å². The average molecular weight is 182 g/mol. The van der Waals surface area contributed by atoms with E-state index in [1.165, 1.54) is 0 Å². The molecule has 0 saturated carbocycles. The van der Waals surface area contributed by atoms with Crippen LogP contribution in [0.2, 0.25) is 0 Å². The smallest absolute Gasteiger partial charge is 0.310 e. The molecule has 74 valence electrons. The predicted octanol–water partition coefficient (Wildman–Crippen LogP) is 2.54. The largest absolute Gasteiger partial charge is 0.458 e. The highest BCUT2D eigenvalue weighted by Crippen LogP contribution is 2.20. The molecule has 2 atom stereocenters. The lowest BCUT2D eigenvalue weighted by Crippen LogP contribution is -2.23. The van der Waals surface area contributed by atoms with Gasteiger partial charge in [0.25, 0.3) is 0 Å². The molecule has 0 saturated heterocycles. The number of hydrogen-bond donors (Lipinski definition) is 0. The molecule has 1 aliphatic heterocycles. The van der Waals surface area contributed by atoms with Gasteiger partial charge in [0, 0.05) is 0 Å². The van der Waals surface area contributed by atoms with Gasteiger partial charge in [-0.3, -0.25) is 4.79 Å². The van der Waals surface area contributed by atoms with Crippen molar-refractivity contribution in [2.75, 3.05) is 0 Å². The summed E-state index contributed by atoms with van der Waals surface area (Å²) in [5.41, 5.74) is 0. The SMILES string of the molecule is CC(C)[C@@H](C)C[C@H]1C=CCC(=O)O1. The molecule has 1 rings (SSSR count). The summed E-state index contributed by atoms with van der Waals surface area (Å²) in [6.07, 6.45) is 5.30. The lowest BCUT2D eigenvalue weighted by Gasteiger charge is -2.23. The lowest BCUT2D eigenvalue weighted by molar-refractivity contribution is -0.147. The zero-order valence-corrected chi connectivity index (χ0v) is 8.62. The van der Waals surface area contributed by atoms with Crippen molar-refractivity contribution < 1.29 is 9.53 Å². The van der Waals surface area contributed by atoms with Gasteiger partial charge in [-0.15, -0.1) is 0 Å². The second kappa shape index (κ2) is 4.45. The zero-order valence-electron chi connectivity index (χ0n) is 8.62. The summed E-state index contributed by atoms with van der Waals surface area (Å²) in [6.45, 7) is 6.58. The lowest BCUT2D eigenvalue weighted by atomic mass is 9.91. The zero-order chi connectivity index (χ0) is 9.84. The molecule has 0 aromatic heterocycles. The minimum absolute atomic E-state index is 0.0126. The predicted molar refractivity (Wildman–Crippen MR) is 52.3 cm³/mol. The van der Waals surface area contributed by atoms with E-state index in [1.54, 1.807) is 0 Å². The quantitative estimate of drug-likeness (QED) is 0.495. The Morgan fingerprint density at radius 2 is 2.23 bits per heavy atom. The molecular formula is C11H18O2. The van der Waals surface area contributed by atoms with E-state index in [9.17, 15) is 4.79 Å². The van der Waals surface area contributed by atoms with Gasteiger partial charge in [0.05, 0.1) is 6.42 Å². The molecule has 0 radical (unpaired) electrons. The van der Waals surface area contributed by atoms with Crippen LogP contribution >= 0.6 is 0 Å². The first-order valence-corrected chi connectivity index (χ1v) is 4.95. The molecule has 2 nitrogen and oxygen atoms in total. The van der Waals surface area contributed by atoms with Crippen LogP contribution in [0.4, 0.5) is 0 Å². The van der Waals surface area contributed by atoms with E-state index in [-0.39, 0.29) is 12.1 Å². The van der Waals surface area contributed by atoms with E-state index in [0.717, 1.165) is 6.42 Å². The highest BCUT2D eigenvalue weighted by Gasteiger charge is 2.19. The van der Waals surface area contributed by atoms with Crippen LogP contribution < -0.4 is 0 Å². The topological polar surface area (TPSA) is 26.3 Å². The van der Waals surface area contributed by atoms with Gasteiger partial charge in [-0.1, -0.05) is 26.8 Å². The number of rotatable bonds is 3.